The van der Waals surface area contributed by atoms with Gasteiger partial charge in [0.25, 0.3) is 0 Å². The Morgan fingerprint density at radius 1 is 1.29 bits per heavy atom. The van der Waals surface area contributed by atoms with Gasteiger partial charge in [-0.15, -0.1) is 0 Å². The summed E-state index contributed by atoms with van der Waals surface area (Å²) < 4.78 is 15.9. The second kappa shape index (κ2) is 5.47. The third kappa shape index (κ3) is 2.52. The molecule has 2 aromatic carbocycles. The molecule has 0 radical (unpaired) electrons. The fourth-order valence-corrected chi connectivity index (χ4v) is 2.67. The van der Waals surface area contributed by atoms with Gasteiger partial charge >= 0.3 is 0 Å². The van der Waals surface area contributed by atoms with Crippen LogP contribution in [0, 0.1) is 5.82 Å². The lowest BCUT2D eigenvalue weighted by atomic mass is 10.1. The maximum atomic E-state index is 13.9. The molecular formula is C16H15ClFN3. The number of rotatable bonds is 3. The molecule has 0 atom stereocenters. The first-order valence-electron chi connectivity index (χ1n) is 6.67. The summed E-state index contributed by atoms with van der Waals surface area (Å²) >= 11 is 6.08. The summed E-state index contributed by atoms with van der Waals surface area (Å²) in [4.78, 5) is 4.58. The number of aryl methyl sites for hydroxylation is 1. The first kappa shape index (κ1) is 14.0. The number of aromatic nitrogens is 2. The summed E-state index contributed by atoms with van der Waals surface area (Å²) in [6, 6.07) is 10.6. The van der Waals surface area contributed by atoms with E-state index in [1.54, 1.807) is 12.1 Å². The first-order chi connectivity index (χ1) is 10.1. The highest BCUT2D eigenvalue weighted by Crippen LogP contribution is 2.24. The molecular weight excluding hydrogens is 289 g/mol. The summed E-state index contributed by atoms with van der Waals surface area (Å²) in [5, 5.41) is 0.421. The minimum atomic E-state index is -0.308. The molecule has 0 spiro atoms. The molecule has 0 bridgehead atoms. The van der Waals surface area contributed by atoms with E-state index in [-0.39, 0.29) is 5.82 Å². The molecule has 0 aliphatic rings. The Labute approximate surface area is 127 Å². The average Bonchev–Trinajstić information content (AvgIpc) is 2.79. The van der Waals surface area contributed by atoms with Crippen LogP contribution in [0.2, 0.25) is 5.02 Å². The average molecular weight is 304 g/mol. The van der Waals surface area contributed by atoms with Gasteiger partial charge in [0.1, 0.15) is 11.6 Å². The molecule has 2 N–H and O–H groups in total. The Hall–Kier alpha value is -1.91. The SMILES string of the molecule is Cn1c(Cc2c(F)cccc2Cl)nc2cc(CN)ccc21. The molecule has 0 aliphatic heterocycles. The maximum Gasteiger partial charge on any atom is 0.128 e. The summed E-state index contributed by atoms with van der Waals surface area (Å²) in [7, 11) is 1.92. The van der Waals surface area contributed by atoms with Crippen LogP contribution in [0.25, 0.3) is 11.0 Å². The number of fused-ring (bicyclic) bond motifs is 1. The van der Waals surface area contributed by atoms with Crippen LogP contribution < -0.4 is 5.73 Å². The molecule has 0 unspecified atom stereocenters. The smallest absolute Gasteiger partial charge is 0.128 e. The van der Waals surface area contributed by atoms with Gasteiger partial charge < -0.3 is 10.3 Å². The van der Waals surface area contributed by atoms with E-state index < -0.39 is 0 Å². The van der Waals surface area contributed by atoms with Crippen LogP contribution in [0.5, 0.6) is 0 Å². The topological polar surface area (TPSA) is 43.8 Å². The third-order valence-corrected chi connectivity index (χ3v) is 4.02. The van der Waals surface area contributed by atoms with Crippen molar-refractivity contribution in [2.24, 2.45) is 12.8 Å². The van der Waals surface area contributed by atoms with Crippen LogP contribution in [0.3, 0.4) is 0 Å². The molecule has 3 aromatic rings. The van der Waals surface area contributed by atoms with E-state index >= 15 is 0 Å². The lowest BCUT2D eigenvalue weighted by molar-refractivity contribution is 0.611. The molecule has 0 fully saturated rings. The van der Waals surface area contributed by atoms with Crippen LogP contribution in [0.4, 0.5) is 4.39 Å². The lowest BCUT2D eigenvalue weighted by Gasteiger charge is -2.06. The van der Waals surface area contributed by atoms with Crippen LogP contribution in [-0.4, -0.2) is 9.55 Å². The van der Waals surface area contributed by atoms with Gasteiger partial charge in [0.15, 0.2) is 0 Å². The molecule has 0 saturated carbocycles. The summed E-state index contributed by atoms with van der Waals surface area (Å²) in [5.74, 6) is 0.461. The molecule has 1 aromatic heterocycles. The zero-order valence-electron chi connectivity index (χ0n) is 11.6. The fraction of sp³-hybridized carbons (Fsp3) is 0.188. The van der Waals surface area contributed by atoms with E-state index in [1.807, 2.05) is 29.8 Å². The molecule has 108 valence electrons. The monoisotopic (exact) mass is 303 g/mol. The van der Waals surface area contributed by atoms with E-state index in [1.165, 1.54) is 6.07 Å². The largest absolute Gasteiger partial charge is 0.331 e. The zero-order chi connectivity index (χ0) is 15.0. The lowest BCUT2D eigenvalue weighted by Crippen LogP contribution is -2.01. The Morgan fingerprint density at radius 2 is 2.10 bits per heavy atom. The number of nitrogens with zero attached hydrogens (tertiary/aromatic N) is 2. The van der Waals surface area contributed by atoms with Crippen molar-refractivity contribution in [3.05, 3.63) is 64.2 Å². The van der Waals surface area contributed by atoms with Gasteiger partial charge in [0.05, 0.1) is 11.0 Å². The molecule has 1 heterocycles. The highest BCUT2D eigenvalue weighted by molar-refractivity contribution is 6.31. The second-order valence-electron chi connectivity index (χ2n) is 4.99. The number of hydrogen-bond donors (Lipinski definition) is 1. The van der Waals surface area contributed by atoms with Gasteiger partial charge in [-0.2, -0.15) is 0 Å². The van der Waals surface area contributed by atoms with Gasteiger partial charge in [-0.05, 0) is 29.8 Å². The van der Waals surface area contributed by atoms with Gasteiger partial charge in [-0.1, -0.05) is 23.7 Å². The van der Waals surface area contributed by atoms with Gasteiger partial charge in [-0.25, -0.2) is 9.37 Å². The molecule has 5 heteroatoms. The van der Waals surface area contributed by atoms with Gasteiger partial charge in [-0.3, -0.25) is 0 Å². The van der Waals surface area contributed by atoms with Crippen LogP contribution >= 0.6 is 11.6 Å². The van der Waals surface area contributed by atoms with E-state index in [0.717, 1.165) is 22.4 Å². The third-order valence-electron chi connectivity index (χ3n) is 3.67. The van der Waals surface area contributed by atoms with Crippen molar-refractivity contribution in [3.63, 3.8) is 0 Å². The van der Waals surface area contributed by atoms with Gasteiger partial charge in [0.2, 0.25) is 0 Å². The highest BCUT2D eigenvalue weighted by Gasteiger charge is 2.13. The minimum Gasteiger partial charge on any atom is -0.331 e. The van der Waals surface area contributed by atoms with Crippen molar-refractivity contribution < 1.29 is 4.39 Å². The van der Waals surface area contributed by atoms with Crippen molar-refractivity contribution >= 4 is 22.6 Å². The van der Waals surface area contributed by atoms with Crippen molar-refractivity contribution in [3.8, 4) is 0 Å². The predicted octanol–water partition coefficient (Wildman–Crippen LogP) is 3.42. The standard InChI is InChI=1S/C16H15ClFN3/c1-21-15-6-5-10(9-19)7-14(15)20-16(21)8-11-12(17)3-2-4-13(11)18/h2-7H,8-9,19H2,1H3. The molecule has 3 nitrogen and oxygen atoms in total. The molecule has 3 rings (SSSR count). The van der Waals surface area contributed by atoms with Crippen molar-refractivity contribution in [1.82, 2.24) is 9.55 Å². The number of nitrogens with two attached hydrogens (primary N) is 1. The van der Waals surface area contributed by atoms with Crippen molar-refractivity contribution in [2.45, 2.75) is 13.0 Å². The Bertz CT molecular complexity index is 790. The number of benzene rings is 2. The maximum absolute atomic E-state index is 13.9. The Balaban J connectivity index is 2.07. The normalized spacial score (nSPS) is 11.2. The molecule has 21 heavy (non-hydrogen) atoms. The summed E-state index contributed by atoms with van der Waals surface area (Å²) in [6.45, 7) is 0.473. The first-order valence-corrected chi connectivity index (χ1v) is 7.05. The number of imidazole rings is 1. The molecule has 0 amide bonds. The second-order valence-corrected chi connectivity index (χ2v) is 5.40. The van der Waals surface area contributed by atoms with Crippen molar-refractivity contribution in [2.75, 3.05) is 0 Å². The fourth-order valence-electron chi connectivity index (χ4n) is 2.44. The Kier molecular flexibility index (Phi) is 3.66. The predicted molar refractivity (Wildman–Crippen MR) is 82.8 cm³/mol. The number of hydrogen-bond acceptors (Lipinski definition) is 2. The molecule has 0 saturated heterocycles. The quantitative estimate of drug-likeness (QED) is 0.806. The summed E-state index contributed by atoms with van der Waals surface area (Å²) in [6.07, 6.45) is 0.356. The molecule has 0 aliphatic carbocycles. The summed E-state index contributed by atoms with van der Waals surface area (Å²) in [5.41, 5.74) is 9.00. The van der Waals surface area contributed by atoms with Crippen LogP contribution in [0.1, 0.15) is 17.0 Å². The minimum absolute atomic E-state index is 0.308. The Morgan fingerprint density at radius 3 is 2.81 bits per heavy atom. The van der Waals surface area contributed by atoms with Gasteiger partial charge in [0, 0.05) is 30.6 Å². The van der Waals surface area contributed by atoms with E-state index in [4.69, 9.17) is 17.3 Å². The number of halogens is 2. The highest BCUT2D eigenvalue weighted by atomic mass is 35.5. The van der Waals surface area contributed by atoms with Crippen LogP contribution in [0.15, 0.2) is 36.4 Å². The van der Waals surface area contributed by atoms with E-state index in [0.29, 0.717) is 23.6 Å². The zero-order valence-corrected chi connectivity index (χ0v) is 12.4. The van der Waals surface area contributed by atoms with E-state index in [9.17, 15) is 4.39 Å². The van der Waals surface area contributed by atoms with E-state index in [2.05, 4.69) is 4.98 Å². The van der Waals surface area contributed by atoms with Crippen molar-refractivity contribution in [1.29, 1.82) is 0 Å². The van der Waals surface area contributed by atoms with Crippen LogP contribution in [-0.2, 0) is 20.0 Å².